The van der Waals surface area contributed by atoms with Crippen LogP contribution in [0.25, 0.3) is 0 Å². The van der Waals surface area contributed by atoms with E-state index < -0.39 is 0 Å². The third-order valence-corrected chi connectivity index (χ3v) is 1.73. The summed E-state index contributed by atoms with van der Waals surface area (Å²) >= 11 is 0. The molecule has 0 saturated heterocycles. The average molecular weight is 131 g/mol. The normalized spacial score (nSPS) is 10.7. The van der Waals surface area contributed by atoms with Crippen LogP contribution in [0.2, 0.25) is 0 Å². The fourth-order valence-corrected chi connectivity index (χ4v) is 0.918. The minimum absolute atomic E-state index is 0.170. The minimum Gasteiger partial charge on any atom is -0.251 e. The lowest BCUT2D eigenvalue weighted by molar-refractivity contribution is 0.396. The average Bonchev–Trinajstić information content (AvgIpc) is 1.91. The molecule has 9 heavy (non-hydrogen) atoms. The van der Waals surface area contributed by atoms with Crippen molar-refractivity contribution in [3.63, 3.8) is 0 Å². The Morgan fingerprint density at radius 2 is 2.22 bits per heavy atom. The van der Waals surface area contributed by atoms with Gasteiger partial charge in [0.05, 0.1) is 6.67 Å². The SMILES string of the molecule is [CH2]CC(CC)CCCF. The van der Waals surface area contributed by atoms with Gasteiger partial charge in [-0.1, -0.05) is 26.7 Å². The number of alkyl halides is 1. The Kier molecular flexibility index (Phi) is 6.01. The molecule has 0 aliphatic heterocycles. The van der Waals surface area contributed by atoms with Gasteiger partial charge in [0.15, 0.2) is 0 Å². The summed E-state index contributed by atoms with van der Waals surface area (Å²) in [5.74, 6) is 0.653. The van der Waals surface area contributed by atoms with Gasteiger partial charge in [-0.2, -0.15) is 0 Å². The Bertz CT molecular complexity index is 48.5. The summed E-state index contributed by atoms with van der Waals surface area (Å²) in [5.41, 5.74) is 0. The lowest BCUT2D eigenvalue weighted by Crippen LogP contribution is -1.96. The molecule has 0 nitrogen and oxygen atoms in total. The van der Waals surface area contributed by atoms with Gasteiger partial charge in [0, 0.05) is 0 Å². The Hall–Kier alpha value is -0.0700. The Morgan fingerprint density at radius 1 is 1.56 bits per heavy atom. The summed E-state index contributed by atoms with van der Waals surface area (Å²) in [6.07, 6.45) is 3.82. The van der Waals surface area contributed by atoms with Gasteiger partial charge in [-0.3, -0.25) is 4.39 Å². The van der Waals surface area contributed by atoms with E-state index in [1.165, 1.54) is 0 Å². The monoisotopic (exact) mass is 131 g/mol. The topological polar surface area (TPSA) is 0 Å². The Morgan fingerprint density at radius 3 is 2.56 bits per heavy atom. The Labute approximate surface area is 57.5 Å². The van der Waals surface area contributed by atoms with Crippen molar-refractivity contribution in [2.24, 2.45) is 5.92 Å². The number of rotatable bonds is 5. The molecule has 0 amide bonds. The predicted molar refractivity (Wildman–Crippen MR) is 39.0 cm³/mol. The van der Waals surface area contributed by atoms with Crippen LogP contribution < -0.4 is 0 Å². The maximum absolute atomic E-state index is 11.6. The first-order chi connectivity index (χ1) is 4.35. The molecular weight excluding hydrogens is 115 g/mol. The van der Waals surface area contributed by atoms with Crippen LogP contribution in [0.3, 0.4) is 0 Å². The number of hydrogen-bond donors (Lipinski definition) is 0. The molecule has 0 heterocycles. The predicted octanol–water partition coefficient (Wildman–Crippen LogP) is 2.99. The summed E-state index contributed by atoms with van der Waals surface area (Å²) in [4.78, 5) is 0. The lowest BCUT2D eigenvalue weighted by Gasteiger charge is -2.08. The van der Waals surface area contributed by atoms with Gasteiger partial charge < -0.3 is 0 Å². The zero-order valence-electron chi connectivity index (χ0n) is 6.20. The van der Waals surface area contributed by atoms with E-state index in [9.17, 15) is 4.39 Å². The molecule has 0 bridgehead atoms. The van der Waals surface area contributed by atoms with Gasteiger partial charge in [0.1, 0.15) is 0 Å². The molecule has 0 saturated carbocycles. The van der Waals surface area contributed by atoms with Crippen molar-refractivity contribution >= 4 is 0 Å². The number of hydrogen-bond acceptors (Lipinski definition) is 0. The van der Waals surface area contributed by atoms with Crippen molar-refractivity contribution in [2.45, 2.75) is 32.6 Å². The second-order valence-electron chi connectivity index (χ2n) is 2.39. The molecule has 0 aromatic heterocycles. The zero-order chi connectivity index (χ0) is 7.11. The van der Waals surface area contributed by atoms with Crippen LogP contribution in [-0.4, -0.2) is 6.67 Å². The van der Waals surface area contributed by atoms with E-state index in [2.05, 4.69) is 13.8 Å². The molecular formula is C8H16F. The van der Waals surface area contributed by atoms with Crippen LogP contribution in [-0.2, 0) is 0 Å². The van der Waals surface area contributed by atoms with Gasteiger partial charge in [-0.05, 0) is 18.8 Å². The fourth-order valence-electron chi connectivity index (χ4n) is 0.918. The molecule has 0 aliphatic carbocycles. The third-order valence-electron chi connectivity index (χ3n) is 1.73. The second kappa shape index (κ2) is 6.06. The first kappa shape index (κ1) is 8.93. The highest BCUT2D eigenvalue weighted by molar-refractivity contribution is 4.57. The van der Waals surface area contributed by atoms with E-state index >= 15 is 0 Å². The first-order valence-corrected chi connectivity index (χ1v) is 3.70. The van der Waals surface area contributed by atoms with Gasteiger partial charge in [0.25, 0.3) is 0 Å². The maximum atomic E-state index is 11.6. The molecule has 0 fully saturated rings. The minimum atomic E-state index is -0.170. The van der Waals surface area contributed by atoms with Crippen LogP contribution in [0.4, 0.5) is 4.39 Å². The molecule has 0 aromatic rings. The molecule has 0 spiro atoms. The molecule has 0 aromatic carbocycles. The highest BCUT2D eigenvalue weighted by Crippen LogP contribution is 2.13. The summed E-state index contributed by atoms with van der Waals surface area (Å²) < 4.78 is 11.6. The molecule has 1 radical (unpaired) electrons. The Balaban J connectivity index is 3.09. The standard InChI is InChI=1S/C8H16F/c1-3-8(4-2)6-5-7-9/h8H,1,3-7H2,2H3. The van der Waals surface area contributed by atoms with Crippen molar-refractivity contribution in [3.05, 3.63) is 6.92 Å². The van der Waals surface area contributed by atoms with Crippen molar-refractivity contribution < 1.29 is 4.39 Å². The van der Waals surface area contributed by atoms with Crippen molar-refractivity contribution in [2.75, 3.05) is 6.67 Å². The van der Waals surface area contributed by atoms with Crippen LogP contribution in [0.5, 0.6) is 0 Å². The van der Waals surface area contributed by atoms with E-state index in [0.717, 1.165) is 19.3 Å². The van der Waals surface area contributed by atoms with E-state index in [4.69, 9.17) is 0 Å². The smallest absolute Gasteiger partial charge is 0.0894 e. The number of halogens is 1. The summed E-state index contributed by atoms with van der Waals surface area (Å²) in [5, 5.41) is 0. The van der Waals surface area contributed by atoms with Gasteiger partial charge in [0.2, 0.25) is 0 Å². The summed E-state index contributed by atoms with van der Waals surface area (Å²) in [7, 11) is 0. The van der Waals surface area contributed by atoms with E-state index in [1.54, 1.807) is 0 Å². The molecule has 55 valence electrons. The van der Waals surface area contributed by atoms with Gasteiger partial charge in [-0.25, -0.2) is 0 Å². The van der Waals surface area contributed by atoms with E-state index in [0.29, 0.717) is 12.3 Å². The quantitative estimate of drug-likeness (QED) is 0.538. The fraction of sp³-hybridized carbons (Fsp3) is 0.875. The summed E-state index contributed by atoms with van der Waals surface area (Å²) in [6, 6.07) is 0. The second-order valence-corrected chi connectivity index (χ2v) is 2.39. The highest BCUT2D eigenvalue weighted by Gasteiger charge is 2.01. The molecule has 0 aliphatic rings. The third kappa shape index (κ3) is 4.43. The van der Waals surface area contributed by atoms with Gasteiger partial charge in [-0.15, -0.1) is 0 Å². The van der Waals surface area contributed by atoms with Crippen molar-refractivity contribution in [1.29, 1.82) is 0 Å². The molecule has 1 unspecified atom stereocenters. The maximum Gasteiger partial charge on any atom is 0.0894 e. The van der Waals surface area contributed by atoms with Crippen molar-refractivity contribution in [1.82, 2.24) is 0 Å². The van der Waals surface area contributed by atoms with E-state index in [-0.39, 0.29) is 6.67 Å². The molecule has 1 heteroatoms. The van der Waals surface area contributed by atoms with Crippen LogP contribution in [0.15, 0.2) is 0 Å². The first-order valence-electron chi connectivity index (χ1n) is 3.70. The molecule has 0 N–H and O–H groups in total. The van der Waals surface area contributed by atoms with Crippen LogP contribution in [0, 0.1) is 12.8 Å². The van der Waals surface area contributed by atoms with E-state index in [1.807, 2.05) is 0 Å². The molecule has 1 atom stereocenters. The van der Waals surface area contributed by atoms with Crippen LogP contribution in [0.1, 0.15) is 32.6 Å². The van der Waals surface area contributed by atoms with Gasteiger partial charge >= 0.3 is 0 Å². The summed E-state index contributed by atoms with van der Waals surface area (Å²) in [6.45, 7) is 5.75. The largest absolute Gasteiger partial charge is 0.251 e. The van der Waals surface area contributed by atoms with Crippen LogP contribution >= 0.6 is 0 Å². The molecule has 0 rings (SSSR count). The van der Waals surface area contributed by atoms with Crippen molar-refractivity contribution in [3.8, 4) is 0 Å². The lowest BCUT2D eigenvalue weighted by atomic mass is 9.98. The zero-order valence-corrected chi connectivity index (χ0v) is 6.20. The highest BCUT2D eigenvalue weighted by atomic mass is 19.1.